The van der Waals surface area contributed by atoms with Crippen molar-refractivity contribution in [2.75, 3.05) is 20.2 Å². The van der Waals surface area contributed by atoms with Crippen LogP contribution in [0.25, 0.3) is 0 Å². The van der Waals surface area contributed by atoms with Gasteiger partial charge in [0.15, 0.2) is 0 Å². The molecule has 0 atom stereocenters. The largest absolute Gasteiger partial charge is 0.444 e. The van der Waals surface area contributed by atoms with E-state index < -0.39 is 5.60 Å². The van der Waals surface area contributed by atoms with E-state index >= 15 is 0 Å². The van der Waals surface area contributed by atoms with E-state index in [1.165, 1.54) is 4.90 Å². The number of hydrogen-bond donors (Lipinski definition) is 0. The topological polar surface area (TPSA) is 55.8 Å². The summed E-state index contributed by atoms with van der Waals surface area (Å²) in [7, 11) is 1.69. The Morgan fingerprint density at radius 2 is 1.68 bits per heavy atom. The van der Waals surface area contributed by atoms with Crippen LogP contribution in [0.5, 0.6) is 0 Å². The lowest BCUT2D eigenvalue weighted by atomic mass is 10.1. The van der Waals surface area contributed by atoms with Crippen molar-refractivity contribution < 1.29 is 19.1 Å². The number of carbonyl (C=O) groups is 2. The molecule has 0 saturated carbocycles. The zero-order valence-electron chi connectivity index (χ0n) is 15.9. The number of amides is 1. The van der Waals surface area contributed by atoms with Crippen LogP contribution in [0.1, 0.15) is 52.0 Å². The Kier molecular flexibility index (Phi) is 9.21. The van der Waals surface area contributed by atoms with E-state index in [0.29, 0.717) is 39.0 Å². The van der Waals surface area contributed by atoms with Gasteiger partial charge >= 0.3 is 6.09 Å². The summed E-state index contributed by atoms with van der Waals surface area (Å²) in [6.07, 6.45) is 2.03. The fraction of sp³-hybridized carbons (Fsp3) is 0.600. The molecule has 1 aromatic rings. The number of hydrogen-bond acceptors (Lipinski definition) is 4. The van der Waals surface area contributed by atoms with Gasteiger partial charge in [-0.25, -0.2) is 4.79 Å². The van der Waals surface area contributed by atoms with Gasteiger partial charge in [-0.15, -0.1) is 0 Å². The number of Topliss-reactive ketones (excluding diaryl/α,β-unsaturated/α-hetero) is 1. The minimum absolute atomic E-state index is 0.209. The summed E-state index contributed by atoms with van der Waals surface area (Å²) in [4.78, 5) is 25.2. The van der Waals surface area contributed by atoms with Crippen LogP contribution in [0.4, 0.5) is 4.79 Å². The molecule has 0 bridgehead atoms. The molecule has 5 heteroatoms. The van der Waals surface area contributed by atoms with Crippen molar-refractivity contribution >= 4 is 11.9 Å². The summed E-state index contributed by atoms with van der Waals surface area (Å²) in [5.74, 6) is 0.209. The van der Waals surface area contributed by atoms with Crippen molar-refractivity contribution in [3.05, 3.63) is 35.9 Å². The Labute approximate surface area is 151 Å². The van der Waals surface area contributed by atoms with Gasteiger partial charge in [0, 0.05) is 33.0 Å². The Morgan fingerprint density at radius 3 is 2.32 bits per heavy atom. The summed E-state index contributed by atoms with van der Waals surface area (Å²) < 4.78 is 10.8. The van der Waals surface area contributed by atoms with Crippen molar-refractivity contribution in [2.24, 2.45) is 0 Å². The van der Waals surface area contributed by atoms with Crippen molar-refractivity contribution in [1.82, 2.24) is 4.90 Å². The molecule has 0 heterocycles. The molecule has 0 fully saturated rings. The molecule has 1 aromatic carbocycles. The summed E-state index contributed by atoms with van der Waals surface area (Å²) >= 11 is 0. The number of ether oxygens (including phenoxy) is 2. The first kappa shape index (κ1) is 21.2. The monoisotopic (exact) mass is 349 g/mol. The fourth-order valence-electron chi connectivity index (χ4n) is 2.21. The second kappa shape index (κ2) is 10.9. The average molecular weight is 349 g/mol. The SMILES string of the molecule is CN(CCCC(=O)CCCOCc1ccccc1)C(=O)OC(C)(C)C. The van der Waals surface area contributed by atoms with Gasteiger partial charge in [0.2, 0.25) is 0 Å². The van der Waals surface area contributed by atoms with Gasteiger partial charge in [-0.05, 0) is 39.2 Å². The van der Waals surface area contributed by atoms with Crippen molar-refractivity contribution in [3.8, 4) is 0 Å². The molecular weight excluding hydrogens is 318 g/mol. The Bertz CT molecular complexity index is 522. The molecule has 0 N–H and O–H groups in total. The molecule has 140 valence electrons. The summed E-state index contributed by atoms with van der Waals surface area (Å²) in [6, 6.07) is 9.98. The summed E-state index contributed by atoms with van der Waals surface area (Å²) in [5, 5.41) is 0. The van der Waals surface area contributed by atoms with E-state index in [9.17, 15) is 9.59 Å². The maximum atomic E-state index is 11.9. The van der Waals surface area contributed by atoms with Crippen LogP contribution in [0.15, 0.2) is 30.3 Å². The first-order valence-corrected chi connectivity index (χ1v) is 8.85. The molecular formula is C20H31NO4. The fourth-order valence-corrected chi connectivity index (χ4v) is 2.21. The molecule has 25 heavy (non-hydrogen) atoms. The third-order valence-electron chi connectivity index (χ3n) is 3.51. The molecule has 0 radical (unpaired) electrons. The number of benzene rings is 1. The van der Waals surface area contributed by atoms with Gasteiger partial charge in [-0.1, -0.05) is 30.3 Å². The smallest absolute Gasteiger partial charge is 0.410 e. The number of rotatable bonds is 10. The van der Waals surface area contributed by atoms with Crippen molar-refractivity contribution in [1.29, 1.82) is 0 Å². The highest BCUT2D eigenvalue weighted by Gasteiger charge is 2.19. The maximum absolute atomic E-state index is 11.9. The first-order valence-electron chi connectivity index (χ1n) is 8.85. The van der Waals surface area contributed by atoms with Crippen molar-refractivity contribution in [2.45, 2.75) is 58.7 Å². The highest BCUT2D eigenvalue weighted by molar-refractivity contribution is 5.78. The second-order valence-corrected chi connectivity index (χ2v) is 7.19. The normalized spacial score (nSPS) is 11.2. The zero-order valence-corrected chi connectivity index (χ0v) is 15.9. The van der Waals surface area contributed by atoms with Gasteiger partial charge in [0.05, 0.1) is 6.61 Å². The van der Waals surface area contributed by atoms with Gasteiger partial charge in [0.1, 0.15) is 11.4 Å². The van der Waals surface area contributed by atoms with E-state index in [0.717, 1.165) is 12.0 Å². The molecule has 0 saturated heterocycles. The third-order valence-corrected chi connectivity index (χ3v) is 3.51. The highest BCUT2D eigenvalue weighted by atomic mass is 16.6. The molecule has 1 rings (SSSR count). The Hall–Kier alpha value is -1.88. The van der Waals surface area contributed by atoms with Gasteiger partial charge in [-0.2, -0.15) is 0 Å². The zero-order chi connectivity index (χ0) is 18.7. The van der Waals surface area contributed by atoms with Crippen LogP contribution in [0, 0.1) is 0 Å². The molecule has 0 aliphatic rings. The number of carbonyl (C=O) groups excluding carboxylic acids is 2. The minimum Gasteiger partial charge on any atom is -0.444 e. The lowest BCUT2D eigenvalue weighted by Crippen LogP contribution is -2.34. The average Bonchev–Trinajstić information content (AvgIpc) is 2.53. The molecule has 5 nitrogen and oxygen atoms in total. The van der Waals surface area contributed by atoms with Gasteiger partial charge < -0.3 is 14.4 Å². The van der Waals surface area contributed by atoms with E-state index in [4.69, 9.17) is 9.47 Å². The molecule has 0 aliphatic carbocycles. The number of nitrogens with zero attached hydrogens (tertiary/aromatic N) is 1. The quantitative estimate of drug-likeness (QED) is 0.594. The lowest BCUT2D eigenvalue weighted by Gasteiger charge is -2.24. The van der Waals surface area contributed by atoms with Crippen LogP contribution < -0.4 is 0 Å². The summed E-state index contributed by atoms with van der Waals surface area (Å²) in [5.41, 5.74) is 0.639. The number of ketones is 1. The van der Waals surface area contributed by atoms with Crippen LogP contribution in [0.2, 0.25) is 0 Å². The van der Waals surface area contributed by atoms with Gasteiger partial charge in [0.25, 0.3) is 0 Å². The maximum Gasteiger partial charge on any atom is 0.410 e. The minimum atomic E-state index is -0.499. The van der Waals surface area contributed by atoms with E-state index in [1.54, 1.807) is 7.05 Å². The van der Waals surface area contributed by atoms with Crippen LogP contribution in [0.3, 0.4) is 0 Å². The second-order valence-electron chi connectivity index (χ2n) is 7.19. The summed E-state index contributed by atoms with van der Waals surface area (Å²) in [6.45, 7) is 7.19. The van der Waals surface area contributed by atoms with Crippen molar-refractivity contribution in [3.63, 3.8) is 0 Å². The van der Waals surface area contributed by atoms with Crippen LogP contribution in [-0.2, 0) is 20.9 Å². The molecule has 0 spiro atoms. The molecule has 1 amide bonds. The highest BCUT2D eigenvalue weighted by Crippen LogP contribution is 2.10. The van der Waals surface area contributed by atoms with Crippen LogP contribution in [-0.4, -0.2) is 42.6 Å². The first-order chi connectivity index (χ1) is 11.8. The van der Waals surface area contributed by atoms with Crippen LogP contribution >= 0.6 is 0 Å². The lowest BCUT2D eigenvalue weighted by molar-refractivity contribution is -0.119. The van der Waals surface area contributed by atoms with E-state index in [1.807, 2.05) is 51.1 Å². The predicted molar refractivity (Wildman–Crippen MR) is 98.4 cm³/mol. The molecule has 0 aromatic heterocycles. The van der Waals surface area contributed by atoms with Gasteiger partial charge in [-0.3, -0.25) is 4.79 Å². The molecule has 0 unspecified atom stereocenters. The Morgan fingerprint density at radius 1 is 1.04 bits per heavy atom. The predicted octanol–water partition coefficient (Wildman–Crippen LogP) is 4.20. The van der Waals surface area contributed by atoms with E-state index in [2.05, 4.69) is 0 Å². The third kappa shape index (κ3) is 10.6. The molecule has 0 aliphatic heterocycles. The Balaban J connectivity index is 2.06. The van der Waals surface area contributed by atoms with E-state index in [-0.39, 0.29) is 11.9 Å². The standard InChI is InChI=1S/C20H31NO4/c1-20(2,3)25-19(23)21(4)14-8-12-18(22)13-9-15-24-16-17-10-6-5-7-11-17/h5-7,10-11H,8-9,12-16H2,1-4H3.